The third-order valence-corrected chi connectivity index (χ3v) is 3.07. The minimum atomic E-state index is -0.601. The molecule has 1 aromatic rings. The van der Waals surface area contributed by atoms with Gasteiger partial charge in [-0.15, -0.1) is 0 Å². The molecule has 0 saturated heterocycles. The second-order valence-electron chi connectivity index (χ2n) is 5.97. The van der Waals surface area contributed by atoms with E-state index in [1.54, 1.807) is 45.0 Å². The third kappa shape index (κ3) is 6.13. The number of ketones is 1. The average molecular weight is 331 g/mol. The SMILES string of the molecule is COc1cc(/C=C/C(=O)OCC(=O)C(C)(C)C)ccc1OCC#N. The summed E-state index contributed by atoms with van der Waals surface area (Å²) in [4.78, 5) is 23.4. The molecule has 6 nitrogen and oxygen atoms in total. The first kappa shape index (κ1) is 19.2. The van der Waals surface area contributed by atoms with E-state index in [9.17, 15) is 9.59 Å². The van der Waals surface area contributed by atoms with E-state index in [-0.39, 0.29) is 19.0 Å². The molecule has 0 aliphatic heterocycles. The number of carbonyl (C=O) groups excluding carboxylic acids is 2. The van der Waals surface area contributed by atoms with Crippen LogP contribution in [0.15, 0.2) is 24.3 Å². The molecule has 0 aromatic heterocycles. The van der Waals surface area contributed by atoms with Crippen LogP contribution in [0.5, 0.6) is 11.5 Å². The fourth-order valence-electron chi connectivity index (χ4n) is 1.58. The van der Waals surface area contributed by atoms with Crippen LogP contribution in [0.2, 0.25) is 0 Å². The van der Waals surface area contributed by atoms with Crippen molar-refractivity contribution in [2.45, 2.75) is 20.8 Å². The van der Waals surface area contributed by atoms with Crippen LogP contribution >= 0.6 is 0 Å². The van der Waals surface area contributed by atoms with Gasteiger partial charge in [0.05, 0.1) is 7.11 Å². The standard InChI is InChI=1S/C18H21NO5/c1-18(2,3)16(20)12-24-17(21)8-6-13-5-7-14(23-10-9-19)15(11-13)22-4/h5-8,11H,10,12H2,1-4H3/b8-6+. The maximum atomic E-state index is 11.7. The third-order valence-electron chi connectivity index (χ3n) is 3.07. The van der Waals surface area contributed by atoms with Crippen LogP contribution in [0, 0.1) is 16.7 Å². The van der Waals surface area contributed by atoms with Crippen LogP contribution in [0.1, 0.15) is 26.3 Å². The molecule has 24 heavy (non-hydrogen) atoms. The number of rotatable bonds is 7. The van der Waals surface area contributed by atoms with Gasteiger partial charge in [-0.2, -0.15) is 5.26 Å². The van der Waals surface area contributed by atoms with Gasteiger partial charge in [0.2, 0.25) is 0 Å². The number of nitrogens with zero attached hydrogens (tertiary/aromatic N) is 1. The molecule has 0 unspecified atom stereocenters. The largest absolute Gasteiger partial charge is 0.493 e. The summed E-state index contributed by atoms with van der Waals surface area (Å²) < 4.78 is 15.3. The number of hydrogen-bond donors (Lipinski definition) is 0. The molecule has 128 valence electrons. The smallest absolute Gasteiger partial charge is 0.331 e. The van der Waals surface area contributed by atoms with Crippen molar-refractivity contribution in [3.63, 3.8) is 0 Å². The number of carbonyl (C=O) groups is 2. The maximum absolute atomic E-state index is 11.7. The van der Waals surface area contributed by atoms with Gasteiger partial charge in [-0.1, -0.05) is 26.8 Å². The number of esters is 1. The minimum absolute atomic E-state index is 0.0837. The lowest BCUT2D eigenvalue weighted by molar-refractivity contribution is -0.145. The number of hydrogen-bond acceptors (Lipinski definition) is 6. The van der Waals surface area contributed by atoms with E-state index in [4.69, 9.17) is 19.5 Å². The number of ether oxygens (including phenoxy) is 3. The Morgan fingerprint density at radius 3 is 2.54 bits per heavy atom. The number of Topliss-reactive ketones (excluding diaryl/α,β-unsaturated/α-hetero) is 1. The highest BCUT2D eigenvalue weighted by molar-refractivity contribution is 5.91. The molecule has 6 heteroatoms. The summed E-state index contributed by atoms with van der Waals surface area (Å²) in [5.74, 6) is 0.138. The van der Waals surface area contributed by atoms with Gasteiger partial charge in [0.1, 0.15) is 6.07 Å². The molecule has 1 rings (SSSR count). The van der Waals surface area contributed by atoms with Gasteiger partial charge in [-0.3, -0.25) is 4.79 Å². The highest BCUT2D eigenvalue weighted by Gasteiger charge is 2.21. The zero-order valence-corrected chi connectivity index (χ0v) is 14.3. The van der Waals surface area contributed by atoms with E-state index in [1.165, 1.54) is 13.2 Å². The van der Waals surface area contributed by atoms with Crippen LogP contribution in [0.3, 0.4) is 0 Å². The van der Waals surface area contributed by atoms with Gasteiger partial charge in [0.25, 0.3) is 0 Å². The Kier molecular flexibility index (Phi) is 6.99. The second-order valence-corrected chi connectivity index (χ2v) is 5.97. The summed E-state index contributed by atoms with van der Waals surface area (Å²) >= 11 is 0. The Morgan fingerprint density at radius 2 is 1.96 bits per heavy atom. The Bertz CT molecular complexity index is 665. The van der Waals surface area contributed by atoms with Crippen LogP contribution < -0.4 is 9.47 Å². The second kappa shape index (κ2) is 8.73. The summed E-state index contributed by atoms with van der Waals surface area (Å²) in [5.41, 5.74) is 0.145. The predicted molar refractivity (Wildman–Crippen MR) is 88.6 cm³/mol. The average Bonchev–Trinajstić information content (AvgIpc) is 2.55. The first-order valence-electron chi connectivity index (χ1n) is 7.34. The predicted octanol–water partition coefficient (Wildman–Crippen LogP) is 2.77. The molecule has 0 N–H and O–H groups in total. The number of methoxy groups -OCH3 is 1. The Labute approximate surface area is 141 Å². The van der Waals surface area contributed by atoms with Gasteiger partial charge in [0.15, 0.2) is 30.5 Å². The molecule has 0 heterocycles. The van der Waals surface area contributed by atoms with Crippen molar-refractivity contribution in [3.05, 3.63) is 29.8 Å². The molecular formula is C18H21NO5. The molecule has 0 bridgehead atoms. The van der Waals surface area contributed by atoms with Crippen molar-refractivity contribution in [1.82, 2.24) is 0 Å². The lowest BCUT2D eigenvalue weighted by atomic mass is 9.91. The minimum Gasteiger partial charge on any atom is -0.493 e. The van der Waals surface area contributed by atoms with Gasteiger partial charge in [-0.25, -0.2) is 4.79 Å². The van der Waals surface area contributed by atoms with E-state index in [0.717, 1.165) is 0 Å². The molecule has 0 radical (unpaired) electrons. The van der Waals surface area contributed by atoms with Gasteiger partial charge >= 0.3 is 5.97 Å². The first-order chi connectivity index (χ1) is 11.3. The van der Waals surface area contributed by atoms with Crippen molar-refractivity contribution in [1.29, 1.82) is 5.26 Å². The quantitative estimate of drug-likeness (QED) is 0.564. The zero-order chi connectivity index (χ0) is 18.2. The van der Waals surface area contributed by atoms with Crippen molar-refractivity contribution >= 4 is 17.8 Å². The van der Waals surface area contributed by atoms with E-state index < -0.39 is 11.4 Å². The molecule has 1 aromatic carbocycles. The summed E-state index contributed by atoms with van der Waals surface area (Å²) in [6, 6.07) is 6.89. The van der Waals surface area contributed by atoms with Crippen LogP contribution in [-0.2, 0) is 14.3 Å². The summed E-state index contributed by atoms with van der Waals surface area (Å²) in [5, 5.41) is 8.53. The van der Waals surface area contributed by atoms with Crippen LogP contribution in [-0.4, -0.2) is 32.1 Å². The Balaban J connectivity index is 2.68. The van der Waals surface area contributed by atoms with E-state index >= 15 is 0 Å². The molecule has 0 amide bonds. The first-order valence-corrected chi connectivity index (χ1v) is 7.34. The van der Waals surface area contributed by atoms with Gasteiger partial charge < -0.3 is 14.2 Å². The van der Waals surface area contributed by atoms with Crippen molar-refractivity contribution in [2.24, 2.45) is 5.41 Å². The highest BCUT2D eigenvalue weighted by atomic mass is 16.5. The highest BCUT2D eigenvalue weighted by Crippen LogP contribution is 2.28. The fourth-order valence-corrected chi connectivity index (χ4v) is 1.58. The Hall–Kier alpha value is -2.81. The lowest BCUT2D eigenvalue weighted by Gasteiger charge is -2.15. The number of benzene rings is 1. The van der Waals surface area contributed by atoms with Gasteiger partial charge in [0, 0.05) is 11.5 Å². The topological polar surface area (TPSA) is 85.6 Å². The monoisotopic (exact) mass is 331 g/mol. The molecule has 0 aliphatic carbocycles. The normalized spacial score (nSPS) is 11.0. The molecular weight excluding hydrogens is 310 g/mol. The van der Waals surface area contributed by atoms with Crippen molar-refractivity contribution in [3.8, 4) is 17.6 Å². The van der Waals surface area contributed by atoms with Crippen molar-refractivity contribution < 1.29 is 23.8 Å². The molecule has 0 saturated carbocycles. The van der Waals surface area contributed by atoms with Gasteiger partial charge in [-0.05, 0) is 23.8 Å². The van der Waals surface area contributed by atoms with E-state index in [0.29, 0.717) is 17.1 Å². The number of nitriles is 1. The molecule has 0 aliphatic rings. The fraction of sp³-hybridized carbons (Fsp3) is 0.389. The maximum Gasteiger partial charge on any atom is 0.331 e. The lowest BCUT2D eigenvalue weighted by Crippen LogP contribution is -2.25. The Morgan fingerprint density at radius 1 is 1.25 bits per heavy atom. The molecule has 0 fully saturated rings. The van der Waals surface area contributed by atoms with Crippen LogP contribution in [0.4, 0.5) is 0 Å². The summed E-state index contributed by atoms with van der Waals surface area (Å²) in [7, 11) is 1.48. The van der Waals surface area contributed by atoms with E-state index in [1.807, 2.05) is 6.07 Å². The van der Waals surface area contributed by atoms with Crippen LogP contribution in [0.25, 0.3) is 6.08 Å². The zero-order valence-electron chi connectivity index (χ0n) is 14.3. The molecule has 0 spiro atoms. The van der Waals surface area contributed by atoms with E-state index in [2.05, 4.69) is 0 Å². The summed E-state index contributed by atoms with van der Waals surface area (Å²) in [6.07, 6.45) is 2.78. The molecule has 0 atom stereocenters. The van der Waals surface area contributed by atoms with Crippen molar-refractivity contribution in [2.75, 3.05) is 20.3 Å². The summed E-state index contributed by atoms with van der Waals surface area (Å²) in [6.45, 7) is 4.96.